The molecule has 0 spiro atoms. The third kappa shape index (κ3) is 3.31. The molecule has 0 bridgehead atoms. The maximum absolute atomic E-state index is 11.9. The second-order valence-electron chi connectivity index (χ2n) is 3.45. The van der Waals surface area contributed by atoms with E-state index in [2.05, 4.69) is 42.2 Å². The van der Waals surface area contributed by atoms with Gasteiger partial charge in [0.2, 0.25) is 0 Å². The number of aromatic nitrogens is 1. The molecule has 18 heavy (non-hydrogen) atoms. The third-order valence-corrected chi connectivity index (χ3v) is 3.54. The average Bonchev–Trinajstić information content (AvgIpc) is 2.33. The highest BCUT2D eigenvalue weighted by Gasteiger charge is 2.08. The van der Waals surface area contributed by atoms with Crippen molar-refractivity contribution < 1.29 is 4.79 Å². The lowest BCUT2D eigenvalue weighted by Gasteiger charge is -2.07. The van der Waals surface area contributed by atoms with Crippen LogP contribution in [0.1, 0.15) is 10.4 Å². The van der Waals surface area contributed by atoms with Gasteiger partial charge in [0, 0.05) is 15.1 Å². The molecule has 0 fully saturated rings. The number of halogens is 3. The summed E-state index contributed by atoms with van der Waals surface area (Å²) in [6, 6.07) is 8.70. The topological polar surface area (TPSA) is 42.0 Å². The third-order valence-electron chi connectivity index (χ3n) is 2.17. The molecule has 0 saturated heterocycles. The summed E-state index contributed by atoms with van der Waals surface area (Å²) in [4.78, 5) is 15.8. The largest absolute Gasteiger partial charge is 0.321 e. The van der Waals surface area contributed by atoms with Gasteiger partial charge in [0.05, 0.1) is 11.3 Å². The minimum Gasteiger partial charge on any atom is -0.321 e. The summed E-state index contributed by atoms with van der Waals surface area (Å²) in [6.45, 7) is 0. The first-order chi connectivity index (χ1) is 8.56. The Balaban J connectivity index is 2.18. The lowest BCUT2D eigenvalue weighted by Crippen LogP contribution is -2.12. The fraction of sp³-hybridized carbons (Fsp3) is 0. The molecule has 2 rings (SSSR count). The predicted molar refractivity (Wildman–Crippen MR) is 79.0 cm³/mol. The highest BCUT2D eigenvalue weighted by atomic mass is 79.9. The van der Waals surface area contributed by atoms with E-state index in [0.717, 1.165) is 8.95 Å². The van der Waals surface area contributed by atoms with Crippen LogP contribution in [-0.4, -0.2) is 10.9 Å². The number of nitrogens with zero attached hydrogens (tertiary/aromatic N) is 1. The summed E-state index contributed by atoms with van der Waals surface area (Å²) in [5.41, 5.74) is 1.15. The van der Waals surface area contributed by atoms with Crippen molar-refractivity contribution in [2.75, 3.05) is 5.32 Å². The van der Waals surface area contributed by atoms with Crippen molar-refractivity contribution in [3.8, 4) is 0 Å². The normalized spacial score (nSPS) is 10.2. The van der Waals surface area contributed by atoms with Gasteiger partial charge in [0.1, 0.15) is 5.15 Å². The van der Waals surface area contributed by atoms with Gasteiger partial charge in [-0.15, -0.1) is 0 Å². The van der Waals surface area contributed by atoms with Crippen molar-refractivity contribution in [2.45, 2.75) is 0 Å². The summed E-state index contributed by atoms with van der Waals surface area (Å²) in [7, 11) is 0. The molecule has 0 radical (unpaired) electrons. The summed E-state index contributed by atoms with van der Waals surface area (Å²) in [6.07, 6.45) is 1.43. The summed E-state index contributed by atoms with van der Waals surface area (Å²) >= 11 is 12.4. The van der Waals surface area contributed by atoms with Crippen LogP contribution < -0.4 is 5.32 Å². The zero-order valence-electron chi connectivity index (χ0n) is 8.95. The summed E-state index contributed by atoms with van der Waals surface area (Å²) < 4.78 is 1.73. The Labute approximate surface area is 126 Å². The van der Waals surface area contributed by atoms with Gasteiger partial charge in [-0.2, -0.15) is 0 Å². The number of carbonyl (C=O) groups is 1. The Bertz CT molecular complexity index is 587. The highest BCUT2D eigenvalue weighted by molar-refractivity contribution is 9.11. The smallest absolute Gasteiger partial charge is 0.257 e. The molecule has 3 nitrogen and oxygen atoms in total. The number of anilines is 1. The van der Waals surface area contributed by atoms with Crippen molar-refractivity contribution in [3.05, 3.63) is 56.2 Å². The van der Waals surface area contributed by atoms with Crippen LogP contribution in [0.3, 0.4) is 0 Å². The molecule has 1 aromatic heterocycles. The fourth-order valence-corrected chi connectivity index (χ4v) is 2.55. The zero-order valence-corrected chi connectivity index (χ0v) is 12.9. The standard InChI is InChI=1S/C12H7Br2ClN2O/c13-8-2-3-10(9(14)5-8)17-12(18)7-1-4-11(15)16-6-7/h1-6H,(H,17,18). The van der Waals surface area contributed by atoms with E-state index in [0.29, 0.717) is 16.4 Å². The molecule has 0 aliphatic rings. The second kappa shape index (κ2) is 5.82. The number of hydrogen-bond acceptors (Lipinski definition) is 2. The molecule has 2 aromatic rings. The Morgan fingerprint density at radius 1 is 1.22 bits per heavy atom. The average molecular weight is 390 g/mol. The summed E-state index contributed by atoms with van der Waals surface area (Å²) in [5, 5.41) is 3.14. The van der Waals surface area contributed by atoms with E-state index >= 15 is 0 Å². The monoisotopic (exact) mass is 388 g/mol. The van der Waals surface area contributed by atoms with Gasteiger partial charge in [0.25, 0.3) is 5.91 Å². The molecule has 1 heterocycles. The number of benzene rings is 1. The molecule has 0 unspecified atom stereocenters. The first-order valence-corrected chi connectivity index (χ1v) is 6.90. The number of rotatable bonds is 2. The predicted octanol–water partition coefficient (Wildman–Crippen LogP) is 4.51. The van der Waals surface area contributed by atoms with Gasteiger partial charge in [-0.25, -0.2) is 4.98 Å². The Hall–Kier alpha value is -0.910. The molecular formula is C12H7Br2ClN2O. The van der Waals surface area contributed by atoms with Gasteiger partial charge in [-0.05, 0) is 46.3 Å². The molecule has 1 N–H and O–H groups in total. The van der Waals surface area contributed by atoms with Crippen LogP contribution in [0, 0.1) is 0 Å². The van der Waals surface area contributed by atoms with Crippen LogP contribution in [0.25, 0.3) is 0 Å². The second-order valence-corrected chi connectivity index (χ2v) is 5.61. The van der Waals surface area contributed by atoms with Crippen molar-refractivity contribution in [1.29, 1.82) is 0 Å². The Morgan fingerprint density at radius 2 is 2.00 bits per heavy atom. The quantitative estimate of drug-likeness (QED) is 0.767. The Morgan fingerprint density at radius 3 is 2.61 bits per heavy atom. The van der Waals surface area contributed by atoms with Crippen LogP contribution in [0.2, 0.25) is 5.15 Å². The molecule has 0 aliphatic heterocycles. The summed E-state index contributed by atoms with van der Waals surface area (Å²) in [5.74, 6) is -0.234. The lowest BCUT2D eigenvalue weighted by atomic mass is 10.2. The van der Waals surface area contributed by atoms with Gasteiger partial charge in [0.15, 0.2) is 0 Å². The highest BCUT2D eigenvalue weighted by Crippen LogP contribution is 2.26. The molecule has 6 heteroatoms. The molecule has 92 valence electrons. The van der Waals surface area contributed by atoms with E-state index in [4.69, 9.17) is 11.6 Å². The first kappa shape index (κ1) is 13.5. The number of nitrogens with one attached hydrogen (secondary N) is 1. The number of amides is 1. The van der Waals surface area contributed by atoms with Crippen LogP contribution in [-0.2, 0) is 0 Å². The Kier molecular flexibility index (Phi) is 4.37. The van der Waals surface area contributed by atoms with Crippen LogP contribution in [0.4, 0.5) is 5.69 Å². The SMILES string of the molecule is O=C(Nc1ccc(Br)cc1Br)c1ccc(Cl)nc1. The van der Waals surface area contributed by atoms with Crippen molar-refractivity contribution in [2.24, 2.45) is 0 Å². The molecule has 0 aliphatic carbocycles. The van der Waals surface area contributed by atoms with Crippen molar-refractivity contribution in [1.82, 2.24) is 4.98 Å². The van der Waals surface area contributed by atoms with Crippen molar-refractivity contribution >= 4 is 55.1 Å². The molecular weight excluding hydrogens is 383 g/mol. The van der Waals surface area contributed by atoms with Crippen LogP contribution >= 0.6 is 43.5 Å². The molecule has 0 saturated carbocycles. The number of hydrogen-bond donors (Lipinski definition) is 1. The number of pyridine rings is 1. The van der Waals surface area contributed by atoms with Gasteiger partial charge < -0.3 is 5.32 Å². The van der Waals surface area contributed by atoms with Crippen LogP contribution in [0.15, 0.2) is 45.5 Å². The van der Waals surface area contributed by atoms with E-state index in [1.54, 1.807) is 18.2 Å². The number of carbonyl (C=O) groups excluding carboxylic acids is 1. The van der Waals surface area contributed by atoms with E-state index < -0.39 is 0 Å². The molecule has 1 amide bonds. The van der Waals surface area contributed by atoms with Gasteiger partial charge in [-0.1, -0.05) is 27.5 Å². The molecule has 1 aromatic carbocycles. The van der Waals surface area contributed by atoms with E-state index in [9.17, 15) is 4.79 Å². The minimum absolute atomic E-state index is 0.234. The molecule has 0 atom stereocenters. The maximum Gasteiger partial charge on any atom is 0.257 e. The first-order valence-electron chi connectivity index (χ1n) is 4.94. The van der Waals surface area contributed by atoms with Gasteiger partial charge >= 0.3 is 0 Å². The maximum atomic E-state index is 11.9. The van der Waals surface area contributed by atoms with E-state index in [1.807, 2.05) is 12.1 Å². The zero-order chi connectivity index (χ0) is 13.1. The van der Waals surface area contributed by atoms with Crippen molar-refractivity contribution in [3.63, 3.8) is 0 Å². The van der Waals surface area contributed by atoms with E-state index in [1.165, 1.54) is 6.20 Å². The lowest BCUT2D eigenvalue weighted by molar-refractivity contribution is 0.102. The fourth-order valence-electron chi connectivity index (χ4n) is 1.30. The van der Waals surface area contributed by atoms with Gasteiger partial charge in [-0.3, -0.25) is 4.79 Å². The van der Waals surface area contributed by atoms with Crippen LogP contribution in [0.5, 0.6) is 0 Å². The minimum atomic E-state index is -0.234. The van der Waals surface area contributed by atoms with E-state index in [-0.39, 0.29) is 5.91 Å².